The van der Waals surface area contributed by atoms with Crippen LogP contribution in [-0.4, -0.2) is 34.4 Å². The molecule has 0 saturated carbocycles. The van der Waals surface area contributed by atoms with Crippen LogP contribution in [0.1, 0.15) is 34.8 Å². The molecule has 0 spiro atoms. The molecule has 0 bridgehead atoms. The van der Waals surface area contributed by atoms with Crippen molar-refractivity contribution in [3.63, 3.8) is 0 Å². The number of aliphatic hydroxyl groups is 2. The van der Waals surface area contributed by atoms with Gasteiger partial charge in [-0.2, -0.15) is 0 Å². The van der Waals surface area contributed by atoms with Gasteiger partial charge in [0, 0.05) is 16.7 Å². The third-order valence-corrected chi connectivity index (χ3v) is 4.17. The quantitative estimate of drug-likeness (QED) is 0.829. The number of aliphatic hydroxyl groups excluding tert-OH is 2. The van der Waals surface area contributed by atoms with Gasteiger partial charge in [-0.1, -0.05) is 61.5 Å². The van der Waals surface area contributed by atoms with E-state index in [9.17, 15) is 15.0 Å². The van der Waals surface area contributed by atoms with Crippen LogP contribution in [0.25, 0.3) is 5.76 Å². The van der Waals surface area contributed by atoms with Gasteiger partial charge in [-0.15, -0.1) is 0 Å². The van der Waals surface area contributed by atoms with Crippen LogP contribution in [0.3, 0.4) is 0 Å². The number of hydrogen-bond acceptors (Lipinski definition) is 4. The molecule has 1 aliphatic carbocycles. The first kappa shape index (κ1) is 16.1. The van der Waals surface area contributed by atoms with Crippen LogP contribution in [0, 0.1) is 0 Å². The van der Waals surface area contributed by atoms with Gasteiger partial charge in [0.15, 0.2) is 5.78 Å². The fraction of sp³-hybridized carbons (Fsp3) is 0.200. The van der Waals surface area contributed by atoms with E-state index in [4.69, 9.17) is 0 Å². The summed E-state index contributed by atoms with van der Waals surface area (Å²) in [5.41, 5.74) is 2.38. The highest BCUT2D eigenvalue weighted by Gasteiger charge is 2.33. The molecule has 0 aliphatic heterocycles. The van der Waals surface area contributed by atoms with Crippen molar-refractivity contribution in [1.29, 1.82) is 0 Å². The fourth-order valence-electron chi connectivity index (χ4n) is 2.81. The number of aliphatic imine (C=N–C) groups is 1. The van der Waals surface area contributed by atoms with Gasteiger partial charge < -0.3 is 10.2 Å². The van der Waals surface area contributed by atoms with E-state index in [1.807, 2.05) is 37.3 Å². The Balaban J connectivity index is 2.18. The summed E-state index contributed by atoms with van der Waals surface area (Å²) in [5, 5.41) is 20.1. The molecule has 0 saturated heterocycles. The number of fused-ring (bicyclic) bond motifs is 1. The van der Waals surface area contributed by atoms with Gasteiger partial charge in [0.05, 0.1) is 23.9 Å². The maximum atomic E-state index is 12.8. The van der Waals surface area contributed by atoms with E-state index in [-0.39, 0.29) is 29.8 Å². The minimum Gasteiger partial charge on any atom is -0.506 e. The topological polar surface area (TPSA) is 69.9 Å². The molecule has 0 heterocycles. The summed E-state index contributed by atoms with van der Waals surface area (Å²) in [6, 6.07) is 15.9. The second-order valence-corrected chi connectivity index (χ2v) is 5.69. The average Bonchev–Trinajstić information content (AvgIpc) is 2.89. The summed E-state index contributed by atoms with van der Waals surface area (Å²) in [5.74, 6) is -0.288. The molecule has 122 valence electrons. The number of Topliss-reactive ketones (excluding diaryl/α,β-unsaturated/α-hetero) is 1. The Labute approximate surface area is 140 Å². The van der Waals surface area contributed by atoms with Crippen LogP contribution in [0.2, 0.25) is 0 Å². The van der Waals surface area contributed by atoms with E-state index in [2.05, 4.69) is 4.99 Å². The first-order valence-electron chi connectivity index (χ1n) is 7.99. The zero-order chi connectivity index (χ0) is 17.1. The second-order valence-electron chi connectivity index (χ2n) is 5.69. The van der Waals surface area contributed by atoms with Crippen molar-refractivity contribution < 1.29 is 15.0 Å². The van der Waals surface area contributed by atoms with E-state index in [1.165, 1.54) is 0 Å². The van der Waals surface area contributed by atoms with Gasteiger partial charge in [-0.25, -0.2) is 0 Å². The Morgan fingerprint density at radius 2 is 1.67 bits per heavy atom. The summed E-state index contributed by atoms with van der Waals surface area (Å²) < 4.78 is 0. The molecule has 2 aromatic carbocycles. The Kier molecular flexibility index (Phi) is 4.58. The smallest absolute Gasteiger partial charge is 0.199 e. The van der Waals surface area contributed by atoms with Crippen molar-refractivity contribution >= 4 is 17.3 Å². The van der Waals surface area contributed by atoms with E-state index in [0.717, 1.165) is 5.56 Å². The summed E-state index contributed by atoms with van der Waals surface area (Å²) in [6.45, 7) is 1.81. The van der Waals surface area contributed by atoms with Crippen LogP contribution >= 0.6 is 0 Å². The average molecular weight is 321 g/mol. The molecule has 0 amide bonds. The van der Waals surface area contributed by atoms with Gasteiger partial charge >= 0.3 is 0 Å². The van der Waals surface area contributed by atoms with Crippen LogP contribution in [0.5, 0.6) is 0 Å². The zero-order valence-electron chi connectivity index (χ0n) is 13.4. The molecular formula is C20H19NO3. The van der Waals surface area contributed by atoms with Gasteiger partial charge in [-0.05, 0) is 6.42 Å². The molecular weight excluding hydrogens is 302 g/mol. The standard InChI is InChI=1S/C20H19NO3/c1-2-14(12-22)21-18(13-8-4-3-5-9-13)17-19(23)15-10-6-7-11-16(15)20(17)24/h3-11,14,22-23H,2,12H2,1H3. The Morgan fingerprint density at radius 1 is 1.04 bits per heavy atom. The number of hydrogen-bond donors (Lipinski definition) is 2. The van der Waals surface area contributed by atoms with Crippen molar-refractivity contribution in [2.24, 2.45) is 4.99 Å². The Bertz CT molecular complexity index is 818. The molecule has 24 heavy (non-hydrogen) atoms. The number of carbonyl (C=O) groups excluding carboxylic acids is 1. The highest BCUT2D eigenvalue weighted by atomic mass is 16.3. The monoisotopic (exact) mass is 321 g/mol. The lowest BCUT2D eigenvalue weighted by Gasteiger charge is -2.13. The first-order chi connectivity index (χ1) is 11.7. The third-order valence-electron chi connectivity index (χ3n) is 4.17. The van der Waals surface area contributed by atoms with Crippen LogP contribution < -0.4 is 0 Å². The van der Waals surface area contributed by atoms with E-state index in [0.29, 0.717) is 23.3 Å². The fourth-order valence-corrected chi connectivity index (χ4v) is 2.81. The molecule has 4 nitrogen and oxygen atoms in total. The van der Waals surface area contributed by atoms with Crippen LogP contribution in [0.15, 0.2) is 65.2 Å². The largest absolute Gasteiger partial charge is 0.506 e. The van der Waals surface area contributed by atoms with Crippen molar-refractivity contribution in [3.8, 4) is 0 Å². The molecule has 2 aromatic rings. The highest BCUT2D eigenvalue weighted by molar-refractivity contribution is 6.39. The maximum absolute atomic E-state index is 12.8. The lowest BCUT2D eigenvalue weighted by molar-refractivity contribution is 0.104. The summed E-state index contributed by atoms with van der Waals surface area (Å²) in [7, 11) is 0. The van der Waals surface area contributed by atoms with Crippen molar-refractivity contribution in [2.75, 3.05) is 6.61 Å². The van der Waals surface area contributed by atoms with E-state index >= 15 is 0 Å². The van der Waals surface area contributed by atoms with Gasteiger partial charge in [0.25, 0.3) is 0 Å². The summed E-state index contributed by atoms with van der Waals surface area (Å²) in [6.07, 6.45) is 0.641. The number of ketones is 1. The Hall–Kier alpha value is -2.72. The van der Waals surface area contributed by atoms with Crippen molar-refractivity contribution in [2.45, 2.75) is 19.4 Å². The SMILES string of the molecule is CCC(CO)N=C(C1=C(O)c2ccccc2C1=O)c1ccccc1. The molecule has 1 aliphatic rings. The first-order valence-corrected chi connectivity index (χ1v) is 7.99. The molecule has 0 radical (unpaired) electrons. The van der Waals surface area contributed by atoms with Crippen LogP contribution in [0.4, 0.5) is 0 Å². The summed E-state index contributed by atoms with van der Waals surface area (Å²) in [4.78, 5) is 17.4. The summed E-state index contributed by atoms with van der Waals surface area (Å²) >= 11 is 0. The molecule has 2 N–H and O–H groups in total. The van der Waals surface area contributed by atoms with E-state index in [1.54, 1.807) is 24.3 Å². The lowest BCUT2D eigenvalue weighted by atomic mass is 9.98. The van der Waals surface area contributed by atoms with Gasteiger partial charge in [0.2, 0.25) is 0 Å². The van der Waals surface area contributed by atoms with Crippen molar-refractivity contribution in [3.05, 3.63) is 76.9 Å². The molecule has 1 unspecified atom stereocenters. The number of rotatable bonds is 5. The molecule has 3 rings (SSSR count). The lowest BCUT2D eigenvalue weighted by Crippen LogP contribution is -2.18. The number of nitrogens with zero attached hydrogens (tertiary/aromatic N) is 1. The minimum atomic E-state index is -0.322. The van der Waals surface area contributed by atoms with E-state index < -0.39 is 0 Å². The predicted octanol–water partition coefficient (Wildman–Crippen LogP) is 3.41. The molecule has 0 fully saturated rings. The highest BCUT2D eigenvalue weighted by Crippen LogP contribution is 2.33. The normalized spacial score (nSPS) is 15.6. The minimum absolute atomic E-state index is 0.0500. The van der Waals surface area contributed by atoms with Gasteiger partial charge in [-0.3, -0.25) is 9.79 Å². The number of benzene rings is 2. The van der Waals surface area contributed by atoms with Crippen molar-refractivity contribution in [1.82, 2.24) is 0 Å². The third kappa shape index (κ3) is 2.76. The number of allylic oxidation sites excluding steroid dienone is 1. The second kappa shape index (κ2) is 6.81. The molecule has 1 atom stereocenters. The number of carbonyl (C=O) groups is 1. The van der Waals surface area contributed by atoms with Gasteiger partial charge in [0.1, 0.15) is 5.76 Å². The molecule has 4 heteroatoms. The predicted molar refractivity (Wildman–Crippen MR) is 94.5 cm³/mol. The zero-order valence-corrected chi connectivity index (χ0v) is 13.4. The molecule has 0 aromatic heterocycles. The van der Waals surface area contributed by atoms with Crippen LogP contribution in [-0.2, 0) is 0 Å². The Morgan fingerprint density at radius 3 is 2.25 bits per heavy atom. The maximum Gasteiger partial charge on any atom is 0.199 e.